The maximum Gasteiger partial charge on any atom is 0.319 e. The fraction of sp³-hybridized carbons (Fsp3) is 0.312. The number of nitrogens with one attached hydrogen (secondary N) is 3. The highest BCUT2D eigenvalue weighted by atomic mass is 35.5. The Morgan fingerprint density at radius 2 is 1.88 bits per heavy atom. The Morgan fingerprint density at radius 3 is 2.52 bits per heavy atom. The molecule has 1 aromatic heterocycles. The Morgan fingerprint density at radius 1 is 1.12 bits per heavy atom. The van der Waals surface area contributed by atoms with Gasteiger partial charge in [-0.1, -0.05) is 11.6 Å². The zero-order valence-corrected chi connectivity index (χ0v) is 15.0. The Bertz CT molecular complexity index is 724. The molecule has 0 aliphatic carbocycles. The van der Waals surface area contributed by atoms with Gasteiger partial charge in [0.2, 0.25) is 0 Å². The number of urea groups is 1. The average molecular weight is 366 g/mol. The third-order valence-corrected chi connectivity index (χ3v) is 3.53. The van der Waals surface area contributed by atoms with E-state index in [4.69, 9.17) is 21.1 Å². The number of aryl methyl sites for hydroxylation is 1. The van der Waals surface area contributed by atoms with Gasteiger partial charge in [-0.3, -0.25) is 0 Å². The van der Waals surface area contributed by atoms with Crippen LogP contribution >= 0.6 is 11.6 Å². The number of hydrogen-bond donors (Lipinski definition) is 3. The number of amides is 2. The molecule has 0 aliphatic heterocycles. The summed E-state index contributed by atoms with van der Waals surface area (Å²) in [6, 6.07) is 6.48. The molecular formula is C16H20ClN5O3. The van der Waals surface area contributed by atoms with Crippen molar-refractivity contribution in [2.75, 3.05) is 37.9 Å². The Labute approximate surface area is 150 Å². The van der Waals surface area contributed by atoms with Crippen molar-refractivity contribution in [3.63, 3.8) is 0 Å². The molecule has 2 aromatic rings. The second-order valence-corrected chi connectivity index (χ2v) is 5.46. The molecule has 0 fully saturated rings. The molecule has 0 saturated heterocycles. The average Bonchev–Trinajstić information content (AvgIpc) is 2.60. The zero-order valence-electron chi connectivity index (χ0n) is 14.2. The first-order valence-corrected chi connectivity index (χ1v) is 7.92. The summed E-state index contributed by atoms with van der Waals surface area (Å²) in [7, 11) is 3.00. The molecule has 9 heteroatoms. The fourth-order valence-corrected chi connectivity index (χ4v) is 2.22. The van der Waals surface area contributed by atoms with Gasteiger partial charge in [0.25, 0.3) is 0 Å². The fourth-order valence-electron chi connectivity index (χ4n) is 1.98. The number of carbonyl (C=O) groups is 1. The molecule has 25 heavy (non-hydrogen) atoms. The summed E-state index contributed by atoms with van der Waals surface area (Å²) in [6.07, 6.45) is 0. The maximum absolute atomic E-state index is 12.0. The van der Waals surface area contributed by atoms with E-state index in [1.54, 1.807) is 12.1 Å². The first-order valence-electron chi connectivity index (χ1n) is 7.54. The van der Waals surface area contributed by atoms with Gasteiger partial charge in [0.05, 0.1) is 30.6 Å². The number of halogens is 1. The van der Waals surface area contributed by atoms with Crippen molar-refractivity contribution in [3.8, 4) is 11.5 Å². The number of anilines is 2. The molecule has 0 unspecified atom stereocenters. The van der Waals surface area contributed by atoms with Crippen molar-refractivity contribution in [2.24, 2.45) is 0 Å². The van der Waals surface area contributed by atoms with Gasteiger partial charge in [-0.25, -0.2) is 4.79 Å². The Kier molecular flexibility index (Phi) is 6.64. The quantitative estimate of drug-likeness (QED) is 0.653. The van der Waals surface area contributed by atoms with Crippen molar-refractivity contribution >= 4 is 29.1 Å². The third-order valence-electron chi connectivity index (χ3n) is 3.24. The standard InChI is InChI=1S/C16H20ClN5O3/c1-10-4-5-15(22-21-10)18-6-7-19-16(23)20-12-8-11(17)13(24-2)9-14(12)25-3/h4-5,8-9H,6-7H2,1-3H3,(H,18,22)(H2,19,20,23). The number of hydrogen-bond acceptors (Lipinski definition) is 6. The largest absolute Gasteiger partial charge is 0.495 e. The van der Waals surface area contributed by atoms with Gasteiger partial charge in [0, 0.05) is 19.2 Å². The van der Waals surface area contributed by atoms with Crippen LogP contribution in [0.25, 0.3) is 0 Å². The van der Waals surface area contributed by atoms with Gasteiger partial charge in [-0.15, -0.1) is 5.10 Å². The smallest absolute Gasteiger partial charge is 0.319 e. The molecule has 134 valence electrons. The molecule has 1 heterocycles. The number of aromatic nitrogens is 2. The lowest BCUT2D eigenvalue weighted by Crippen LogP contribution is -2.32. The lowest BCUT2D eigenvalue weighted by atomic mass is 10.2. The SMILES string of the molecule is COc1cc(OC)c(NC(=O)NCCNc2ccc(C)nn2)cc1Cl. The molecule has 0 bridgehead atoms. The molecule has 2 rings (SSSR count). The summed E-state index contributed by atoms with van der Waals surface area (Å²) in [4.78, 5) is 12.0. The second-order valence-electron chi connectivity index (χ2n) is 5.05. The van der Waals surface area contributed by atoms with Crippen molar-refractivity contribution in [1.29, 1.82) is 0 Å². The van der Waals surface area contributed by atoms with Crippen LogP contribution < -0.4 is 25.4 Å². The topological polar surface area (TPSA) is 97.4 Å². The summed E-state index contributed by atoms with van der Waals surface area (Å²) in [5.41, 5.74) is 1.29. The summed E-state index contributed by atoms with van der Waals surface area (Å²) in [6.45, 7) is 2.77. The second kappa shape index (κ2) is 8.93. The third kappa shape index (κ3) is 5.39. The number of carbonyl (C=O) groups excluding carboxylic acids is 1. The van der Waals surface area contributed by atoms with Crippen LogP contribution in [0.5, 0.6) is 11.5 Å². The molecule has 0 atom stereocenters. The summed E-state index contributed by atoms with van der Waals surface area (Å²) in [5.74, 6) is 1.56. The van der Waals surface area contributed by atoms with Crippen molar-refractivity contribution in [1.82, 2.24) is 15.5 Å². The van der Waals surface area contributed by atoms with Crippen LogP contribution in [0.4, 0.5) is 16.3 Å². The van der Waals surface area contributed by atoms with Crippen LogP contribution in [-0.2, 0) is 0 Å². The minimum atomic E-state index is -0.378. The highest BCUT2D eigenvalue weighted by Crippen LogP contribution is 2.35. The van der Waals surface area contributed by atoms with E-state index in [1.807, 2.05) is 19.1 Å². The monoisotopic (exact) mass is 365 g/mol. The van der Waals surface area contributed by atoms with E-state index in [0.29, 0.717) is 41.1 Å². The Hall–Kier alpha value is -2.74. The number of nitrogens with zero attached hydrogens (tertiary/aromatic N) is 2. The van der Waals surface area contributed by atoms with Crippen LogP contribution in [0, 0.1) is 6.92 Å². The molecule has 8 nitrogen and oxygen atoms in total. The van der Waals surface area contributed by atoms with Crippen molar-refractivity contribution in [2.45, 2.75) is 6.92 Å². The van der Waals surface area contributed by atoms with Gasteiger partial charge in [0.1, 0.15) is 17.3 Å². The maximum atomic E-state index is 12.0. The van der Waals surface area contributed by atoms with Crippen LogP contribution in [0.1, 0.15) is 5.69 Å². The first-order chi connectivity index (χ1) is 12.0. The number of ether oxygens (including phenoxy) is 2. The predicted octanol–water partition coefficient (Wildman–Crippen LogP) is 2.69. The summed E-state index contributed by atoms with van der Waals surface area (Å²) in [5, 5.41) is 16.8. The number of methoxy groups -OCH3 is 2. The van der Waals surface area contributed by atoms with Gasteiger partial charge >= 0.3 is 6.03 Å². The van der Waals surface area contributed by atoms with Gasteiger partial charge in [-0.2, -0.15) is 5.10 Å². The molecule has 2 amide bonds. The van der Waals surface area contributed by atoms with E-state index in [2.05, 4.69) is 26.1 Å². The summed E-state index contributed by atoms with van der Waals surface area (Å²) < 4.78 is 10.3. The molecule has 1 aromatic carbocycles. The normalized spacial score (nSPS) is 10.1. The van der Waals surface area contributed by atoms with Crippen molar-refractivity contribution < 1.29 is 14.3 Å². The molecular weight excluding hydrogens is 346 g/mol. The van der Waals surface area contributed by atoms with E-state index in [1.165, 1.54) is 14.2 Å². The van der Waals surface area contributed by atoms with Crippen LogP contribution in [-0.4, -0.2) is 43.5 Å². The van der Waals surface area contributed by atoms with E-state index in [-0.39, 0.29) is 6.03 Å². The van der Waals surface area contributed by atoms with Gasteiger partial charge in [0.15, 0.2) is 0 Å². The van der Waals surface area contributed by atoms with Crippen molar-refractivity contribution in [3.05, 3.63) is 35.0 Å². The lowest BCUT2D eigenvalue weighted by molar-refractivity contribution is 0.252. The highest BCUT2D eigenvalue weighted by Gasteiger charge is 2.12. The minimum Gasteiger partial charge on any atom is -0.495 e. The number of rotatable bonds is 7. The van der Waals surface area contributed by atoms with E-state index in [0.717, 1.165) is 5.69 Å². The van der Waals surface area contributed by atoms with E-state index < -0.39 is 0 Å². The van der Waals surface area contributed by atoms with E-state index >= 15 is 0 Å². The number of benzene rings is 1. The molecule has 0 saturated carbocycles. The highest BCUT2D eigenvalue weighted by molar-refractivity contribution is 6.32. The molecule has 0 radical (unpaired) electrons. The molecule has 3 N–H and O–H groups in total. The van der Waals surface area contributed by atoms with Crippen LogP contribution in [0.15, 0.2) is 24.3 Å². The first kappa shape index (κ1) is 18.6. The predicted molar refractivity (Wildman–Crippen MR) is 96.8 cm³/mol. The molecule has 0 spiro atoms. The lowest BCUT2D eigenvalue weighted by Gasteiger charge is -2.13. The van der Waals surface area contributed by atoms with Crippen LogP contribution in [0.3, 0.4) is 0 Å². The van der Waals surface area contributed by atoms with Gasteiger partial charge in [-0.05, 0) is 25.1 Å². The van der Waals surface area contributed by atoms with Gasteiger partial charge < -0.3 is 25.4 Å². The van der Waals surface area contributed by atoms with Crippen LogP contribution in [0.2, 0.25) is 5.02 Å². The zero-order chi connectivity index (χ0) is 18.2. The van der Waals surface area contributed by atoms with E-state index in [9.17, 15) is 4.79 Å². The minimum absolute atomic E-state index is 0.373. The summed E-state index contributed by atoms with van der Waals surface area (Å²) >= 11 is 6.07. The molecule has 0 aliphatic rings. The Balaban J connectivity index is 1.83.